The van der Waals surface area contributed by atoms with Crippen LogP contribution in [0.25, 0.3) is 0 Å². The van der Waals surface area contributed by atoms with Gasteiger partial charge in [0.25, 0.3) is 0 Å². The van der Waals surface area contributed by atoms with Gasteiger partial charge in [0, 0.05) is 13.2 Å². The third kappa shape index (κ3) is 7.68. The second kappa shape index (κ2) is 9.48. The summed E-state index contributed by atoms with van der Waals surface area (Å²) in [6.45, 7) is 9.82. The predicted octanol–water partition coefficient (Wildman–Crippen LogP) is 3.91. The first-order chi connectivity index (χ1) is 8.51. The molecule has 102 valence electrons. The van der Waals surface area contributed by atoms with E-state index in [9.17, 15) is 4.79 Å². The lowest BCUT2D eigenvalue weighted by molar-refractivity contribution is 0.144. The Labute approximate surface area is 109 Å². The van der Waals surface area contributed by atoms with Crippen LogP contribution in [0.1, 0.15) is 39.2 Å². The Hall–Kier alpha value is -1.55. The summed E-state index contributed by atoms with van der Waals surface area (Å²) in [4.78, 5) is 10.2. The molecule has 0 amide bonds. The summed E-state index contributed by atoms with van der Waals surface area (Å²) in [6, 6.07) is 7.04. The van der Waals surface area contributed by atoms with Crippen molar-refractivity contribution in [2.75, 3.05) is 13.2 Å². The highest BCUT2D eigenvalue weighted by atomic mass is 16.7. The molecule has 0 bridgehead atoms. The zero-order valence-electron chi connectivity index (χ0n) is 11.5. The number of hydrogen-bond acceptors (Lipinski definition) is 3. The molecule has 1 aromatic rings. The Morgan fingerprint density at radius 2 is 1.67 bits per heavy atom. The molecule has 0 spiro atoms. The minimum Gasteiger partial charge on any atom is -0.449 e. The van der Waals surface area contributed by atoms with Crippen molar-refractivity contribution in [3.8, 4) is 5.75 Å². The van der Waals surface area contributed by atoms with Crippen LogP contribution >= 0.6 is 0 Å². The highest BCUT2D eigenvalue weighted by molar-refractivity contribution is 5.61. The number of hydrogen-bond donors (Lipinski definition) is 1. The van der Waals surface area contributed by atoms with Crippen molar-refractivity contribution in [3.05, 3.63) is 29.8 Å². The van der Waals surface area contributed by atoms with Crippen LogP contribution in [0, 0.1) is 0 Å². The highest BCUT2D eigenvalue weighted by Crippen LogP contribution is 2.18. The van der Waals surface area contributed by atoms with Gasteiger partial charge in [0.1, 0.15) is 5.75 Å². The average molecular weight is 254 g/mol. The van der Waals surface area contributed by atoms with E-state index < -0.39 is 6.16 Å². The van der Waals surface area contributed by atoms with E-state index in [1.165, 1.54) is 0 Å². The molecule has 1 aromatic carbocycles. The maximum Gasteiger partial charge on any atom is 0.511 e. The third-order valence-corrected chi connectivity index (χ3v) is 2.16. The molecule has 0 aliphatic heterocycles. The number of rotatable bonds is 4. The first-order valence-electron chi connectivity index (χ1n) is 6.09. The van der Waals surface area contributed by atoms with Crippen molar-refractivity contribution in [1.82, 2.24) is 0 Å². The first-order valence-corrected chi connectivity index (χ1v) is 6.09. The molecule has 0 saturated carbocycles. The Kier molecular flexibility index (Phi) is 8.66. The minimum atomic E-state index is -1.28. The molecule has 0 aliphatic rings. The van der Waals surface area contributed by atoms with Crippen molar-refractivity contribution >= 4 is 6.16 Å². The lowest BCUT2D eigenvalue weighted by Crippen LogP contribution is -2.02. The van der Waals surface area contributed by atoms with Gasteiger partial charge in [-0.1, -0.05) is 26.0 Å². The van der Waals surface area contributed by atoms with Gasteiger partial charge in [-0.05, 0) is 37.5 Å². The summed E-state index contributed by atoms with van der Waals surface area (Å²) in [6.07, 6.45) is -1.28. The van der Waals surface area contributed by atoms with Crippen molar-refractivity contribution in [1.29, 1.82) is 0 Å². The van der Waals surface area contributed by atoms with E-state index in [-0.39, 0.29) is 0 Å². The van der Waals surface area contributed by atoms with E-state index in [1.54, 1.807) is 12.1 Å². The molecule has 0 fully saturated rings. The fourth-order valence-electron chi connectivity index (χ4n) is 1.23. The van der Waals surface area contributed by atoms with Crippen LogP contribution in [-0.4, -0.2) is 24.5 Å². The minimum absolute atomic E-state index is 0.358. The number of carbonyl (C=O) groups is 1. The highest BCUT2D eigenvalue weighted by Gasteiger charge is 2.02. The molecule has 18 heavy (non-hydrogen) atoms. The molecule has 0 aliphatic carbocycles. The fourth-order valence-corrected chi connectivity index (χ4v) is 1.23. The quantitative estimate of drug-likeness (QED) is 0.653. The topological polar surface area (TPSA) is 55.8 Å². The van der Waals surface area contributed by atoms with Crippen LogP contribution in [0.4, 0.5) is 4.79 Å². The van der Waals surface area contributed by atoms with Gasteiger partial charge in [0.15, 0.2) is 0 Å². The number of benzene rings is 1. The SMILES string of the molecule is CC(C)c1ccc(OC(=O)O)cc1.CCOCC. The van der Waals surface area contributed by atoms with Gasteiger partial charge in [-0.15, -0.1) is 0 Å². The van der Waals surface area contributed by atoms with Gasteiger partial charge in [-0.25, -0.2) is 4.79 Å². The Bertz CT molecular complexity index is 328. The lowest BCUT2D eigenvalue weighted by atomic mass is 10.0. The van der Waals surface area contributed by atoms with E-state index in [0.717, 1.165) is 18.8 Å². The van der Waals surface area contributed by atoms with Crippen LogP contribution in [0.2, 0.25) is 0 Å². The van der Waals surface area contributed by atoms with Crippen LogP contribution < -0.4 is 4.74 Å². The Morgan fingerprint density at radius 3 is 1.94 bits per heavy atom. The van der Waals surface area contributed by atoms with Gasteiger partial charge >= 0.3 is 6.16 Å². The standard InChI is InChI=1S/C10H12O3.C4H10O/c1-7(2)8-3-5-9(6-4-8)13-10(11)12;1-3-5-4-2/h3-7H,1-2H3,(H,11,12);3-4H2,1-2H3. The van der Waals surface area contributed by atoms with Crippen LogP contribution in [-0.2, 0) is 4.74 Å². The van der Waals surface area contributed by atoms with Gasteiger partial charge < -0.3 is 14.6 Å². The normalized spacial score (nSPS) is 9.61. The van der Waals surface area contributed by atoms with Crippen molar-refractivity contribution in [3.63, 3.8) is 0 Å². The molecule has 1 N–H and O–H groups in total. The molecule has 0 saturated heterocycles. The van der Waals surface area contributed by atoms with Gasteiger partial charge in [0.05, 0.1) is 0 Å². The van der Waals surface area contributed by atoms with Crippen LogP contribution in [0.15, 0.2) is 24.3 Å². The maximum atomic E-state index is 10.2. The average Bonchev–Trinajstić information content (AvgIpc) is 2.30. The zero-order valence-corrected chi connectivity index (χ0v) is 11.5. The van der Waals surface area contributed by atoms with Crippen molar-refractivity contribution in [2.45, 2.75) is 33.6 Å². The monoisotopic (exact) mass is 254 g/mol. The second-order valence-electron chi connectivity index (χ2n) is 3.87. The Balaban J connectivity index is 0.000000494. The largest absolute Gasteiger partial charge is 0.511 e. The van der Waals surface area contributed by atoms with Gasteiger partial charge in [-0.3, -0.25) is 0 Å². The molecular formula is C14H22O4. The Morgan fingerprint density at radius 1 is 1.17 bits per heavy atom. The van der Waals surface area contributed by atoms with Crippen LogP contribution in [0.5, 0.6) is 5.75 Å². The zero-order chi connectivity index (χ0) is 14.0. The van der Waals surface area contributed by atoms with Gasteiger partial charge in [0.2, 0.25) is 0 Å². The molecule has 0 heterocycles. The summed E-state index contributed by atoms with van der Waals surface area (Å²) in [5.41, 5.74) is 1.16. The molecule has 1 rings (SSSR count). The smallest absolute Gasteiger partial charge is 0.449 e. The number of ether oxygens (including phenoxy) is 2. The third-order valence-electron chi connectivity index (χ3n) is 2.16. The van der Waals surface area contributed by atoms with Crippen molar-refractivity contribution in [2.24, 2.45) is 0 Å². The van der Waals surface area contributed by atoms with E-state index in [4.69, 9.17) is 9.84 Å². The summed E-state index contributed by atoms with van der Waals surface area (Å²) >= 11 is 0. The molecule has 4 nitrogen and oxygen atoms in total. The molecule has 0 radical (unpaired) electrons. The lowest BCUT2D eigenvalue weighted by Gasteiger charge is -2.05. The molecule has 0 unspecified atom stereocenters. The van der Waals surface area contributed by atoms with E-state index in [2.05, 4.69) is 18.6 Å². The number of carboxylic acid groups (broad SMARTS) is 1. The van der Waals surface area contributed by atoms with E-state index in [1.807, 2.05) is 26.0 Å². The molecule has 0 atom stereocenters. The second-order valence-corrected chi connectivity index (χ2v) is 3.87. The van der Waals surface area contributed by atoms with Crippen LogP contribution in [0.3, 0.4) is 0 Å². The fraction of sp³-hybridized carbons (Fsp3) is 0.500. The maximum absolute atomic E-state index is 10.2. The molecule has 0 aromatic heterocycles. The summed E-state index contributed by atoms with van der Waals surface area (Å²) < 4.78 is 9.30. The summed E-state index contributed by atoms with van der Waals surface area (Å²) in [7, 11) is 0. The molecule has 4 heteroatoms. The summed E-state index contributed by atoms with van der Waals surface area (Å²) in [5.74, 6) is 0.802. The predicted molar refractivity (Wildman–Crippen MR) is 71.4 cm³/mol. The van der Waals surface area contributed by atoms with E-state index in [0.29, 0.717) is 11.7 Å². The first kappa shape index (κ1) is 16.4. The molecular weight excluding hydrogens is 232 g/mol. The van der Waals surface area contributed by atoms with Crippen molar-refractivity contribution < 1.29 is 19.4 Å². The summed E-state index contributed by atoms with van der Waals surface area (Å²) in [5, 5.41) is 8.32. The van der Waals surface area contributed by atoms with E-state index >= 15 is 0 Å². The van der Waals surface area contributed by atoms with Gasteiger partial charge in [-0.2, -0.15) is 0 Å².